The van der Waals surface area contributed by atoms with Crippen molar-refractivity contribution in [1.82, 2.24) is 14.7 Å². The summed E-state index contributed by atoms with van der Waals surface area (Å²) in [6.45, 7) is 3.86. The Labute approximate surface area is 132 Å². The molecule has 1 aliphatic heterocycles. The molecule has 0 amide bonds. The lowest BCUT2D eigenvalue weighted by Crippen LogP contribution is -2.24. The molecule has 2 N–H and O–H groups in total. The van der Waals surface area contributed by atoms with Crippen molar-refractivity contribution in [2.45, 2.75) is 12.5 Å². The van der Waals surface area contributed by atoms with Gasteiger partial charge in [0, 0.05) is 38.8 Å². The van der Waals surface area contributed by atoms with E-state index in [-0.39, 0.29) is 12.4 Å². The van der Waals surface area contributed by atoms with Crippen LogP contribution in [0, 0.1) is 5.92 Å². The smallest absolute Gasteiger partial charge is 0.0521 e. The Morgan fingerprint density at radius 1 is 1.19 bits per heavy atom. The second-order valence-corrected chi connectivity index (χ2v) is 5.65. The summed E-state index contributed by atoms with van der Waals surface area (Å²) >= 11 is 0. The van der Waals surface area contributed by atoms with E-state index in [0.717, 1.165) is 26.2 Å². The van der Waals surface area contributed by atoms with Crippen LogP contribution < -0.4 is 5.73 Å². The van der Waals surface area contributed by atoms with Crippen LogP contribution in [0.15, 0.2) is 42.6 Å². The van der Waals surface area contributed by atoms with Crippen LogP contribution >= 0.6 is 12.4 Å². The minimum Gasteiger partial charge on any atom is -0.330 e. The van der Waals surface area contributed by atoms with Gasteiger partial charge < -0.3 is 5.73 Å². The lowest BCUT2D eigenvalue weighted by atomic mass is 9.89. The molecule has 4 nitrogen and oxygen atoms in total. The van der Waals surface area contributed by atoms with Crippen LogP contribution in [0.25, 0.3) is 0 Å². The second-order valence-electron chi connectivity index (χ2n) is 5.65. The topological polar surface area (TPSA) is 47.1 Å². The number of aryl methyl sites for hydroxylation is 1. The number of hydrogen-bond donors (Lipinski definition) is 1. The van der Waals surface area contributed by atoms with E-state index in [4.69, 9.17) is 5.73 Å². The van der Waals surface area contributed by atoms with Crippen LogP contribution in [0.3, 0.4) is 0 Å². The zero-order valence-corrected chi connectivity index (χ0v) is 13.2. The quantitative estimate of drug-likeness (QED) is 0.940. The molecule has 1 aliphatic rings. The van der Waals surface area contributed by atoms with Gasteiger partial charge in [-0.3, -0.25) is 9.58 Å². The Balaban J connectivity index is 0.00000161. The summed E-state index contributed by atoms with van der Waals surface area (Å²) < 4.78 is 1.95. The number of halogens is 1. The van der Waals surface area contributed by atoms with Crippen LogP contribution in [0.2, 0.25) is 0 Å². The van der Waals surface area contributed by atoms with E-state index < -0.39 is 0 Å². The van der Waals surface area contributed by atoms with Crippen molar-refractivity contribution in [1.29, 1.82) is 0 Å². The van der Waals surface area contributed by atoms with Gasteiger partial charge in [0.15, 0.2) is 0 Å². The van der Waals surface area contributed by atoms with Gasteiger partial charge in [0.25, 0.3) is 0 Å². The van der Waals surface area contributed by atoms with Crippen LogP contribution in [0.4, 0.5) is 0 Å². The molecule has 114 valence electrons. The second kappa shape index (κ2) is 7.07. The van der Waals surface area contributed by atoms with Crippen LogP contribution in [-0.4, -0.2) is 34.3 Å². The molecule has 1 aromatic carbocycles. The first-order valence-corrected chi connectivity index (χ1v) is 7.22. The monoisotopic (exact) mass is 306 g/mol. The first-order chi connectivity index (χ1) is 9.78. The average molecular weight is 307 g/mol. The lowest BCUT2D eigenvalue weighted by molar-refractivity contribution is 0.307. The van der Waals surface area contributed by atoms with Crippen molar-refractivity contribution in [3.8, 4) is 0 Å². The molecule has 5 heteroatoms. The van der Waals surface area contributed by atoms with E-state index >= 15 is 0 Å². The van der Waals surface area contributed by atoms with Crippen molar-refractivity contribution in [2.75, 3.05) is 19.6 Å². The highest BCUT2D eigenvalue weighted by atomic mass is 35.5. The van der Waals surface area contributed by atoms with Gasteiger partial charge in [-0.1, -0.05) is 30.3 Å². The summed E-state index contributed by atoms with van der Waals surface area (Å²) in [5, 5.41) is 4.24. The molecule has 2 heterocycles. The van der Waals surface area contributed by atoms with Crippen LogP contribution in [0.5, 0.6) is 0 Å². The summed E-state index contributed by atoms with van der Waals surface area (Å²) in [6, 6.07) is 12.8. The molecule has 21 heavy (non-hydrogen) atoms. The number of rotatable bonds is 4. The Kier molecular flexibility index (Phi) is 5.39. The van der Waals surface area contributed by atoms with Crippen molar-refractivity contribution in [2.24, 2.45) is 18.7 Å². The third kappa shape index (κ3) is 3.46. The molecule has 1 fully saturated rings. The number of nitrogens with zero attached hydrogens (tertiary/aromatic N) is 3. The van der Waals surface area contributed by atoms with Crippen molar-refractivity contribution >= 4 is 12.4 Å². The van der Waals surface area contributed by atoms with E-state index in [1.54, 1.807) is 0 Å². The first kappa shape index (κ1) is 16.0. The highest BCUT2D eigenvalue weighted by Crippen LogP contribution is 2.32. The van der Waals surface area contributed by atoms with Gasteiger partial charge in [0.2, 0.25) is 0 Å². The van der Waals surface area contributed by atoms with Gasteiger partial charge in [-0.25, -0.2) is 0 Å². The summed E-state index contributed by atoms with van der Waals surface area (Å²) in [7, 11) is 2.00. The Bertz CT molecular complexity index is 554. The van der Waals surface area contributed by atoms with E-state index in [9.17, 15) is 0 Å². The summed E-state index contributed by atoms with van der Waals surface area (Å²) in [5.74, 6) is 1.10. The third-order valence-electron chi connectivity index (χ3n) is 4.36. The van der Waals surface area contributed by atoms with Crippen LogP contribution in [0.1, 0.15) is 17.2 Å². The molecule has 0 spiro atoms. The molecule has 0 aliphatic carbocycles. The van der Waals surface area contributed by atoms with Gasteiger partial charge >= 0.3 is 0 Å². The fourth-order valence-electron chi connectivity index (χ4n) is 3.19. The molecular formula is C16H23ClN4. The predicted molar refractivity (Wildman–Crippen MR) is 87.5 cm³/mol. The molecular weight excluding hydrogens is 284 g/mol. The first-order valence-electron chi connectivity index (χ1n) is 7.22. The van der Waals surface area contributed by atoms with Gasteiger partial charge in [-0.2, -0.15) is 5.10 Å². The molecule has 2 atom stereocenters. The van der Waals surface area contributed by atoms with Gasteiger partial charge in [-0.05, 0) is 24.1 Å². The molecule has 0 radical (unpaired) electrons. The van der Waals surface area contributed by atoms with E-state index in [1.165, 1.54) is 11.3 Å². The van der Waals surface area contributed by atoms with Crippen molar-refractivity contribution in [3.63, 3.8) is 0 Å². The minimum atomic E-state index is 0. The maximum absolute atomic E-state index is 5.98. The molecule has 1 aromatic heterocycles. The zero-order chi connectivity index (χ0) is 13.9. The van der Waals surface area contributed by atoms with E-state index in [0.29, 0.717) is 11.8 Å². The molecule has 0 saturated carbocycles. The Morgan fingerprint density at radius 3 is 2.57 bits per heavy atom. The van der Waals surface area contributed by atoms with Crippen molar-refractivity contribution < 1.29 is 0 Å². The molecule has 0 bridgehead atoms. The minimum absolute atomic E-state index is 0. The zero-order valence-electron chi connectivity index (χ0n) is 12.4. The standard InChI is InChI=1S/C16H22N4.ClH/c1-19-15(7-8-18-19)11-20-10-14(9-17)16(12-20)13-5-3-2-4-6-13;/h2-8,14,16H,9-12,17H2,1H3;1H/t14-,16+;/m1./s1. The SMILES string of the molecule is Cl.Cn1nccc1CN1C[C@@H](CN)[C@H](c2ccccc2)C1. The molecule has 2 aromatic rings. The molecule has 0 unspecified atom stereocenters. The predicted octanol–water partition coefficient (Wildman–Crippen LogP) is 2.02. The van der Waals surface area contributed by atoms with E-state index in [1.807, 2.05) is 17.9 Å². The Hall–Kier alpha value is -1.36. The van der Waals surface area contributed by atoms with Crippen molar-refractivity contribution in [3.05, 3.63) is 53.9 Å². The highest BCUT2D eigenvalue weighted by Gasteiger charge is 2.32. The number of benzene rings is 1. The fraction of sp³-hybridized carbons (Fsp3) is 0.438. The highest BCUT2D eigenvalue weighted by molar-refractivity contribution is 5.85. The average Bonchev–Trinajstić information content (AvgIpc) is 3.07. The summed E-state index contributed by atoms with van der Waals surface area (Å²) in [6.07, 6.45) is 1.86. The number of nitrogens with two attached hydrogens (primary N) is 1. The molecule has 1 saturated heterocycles. The van der Waals surface area contributed by atoms with Gasteiger partial charge in [-0.15, -0.1) is 12.4 Å². The van der Waals surface area contributed by atoms with E-state index in [2.05, 4.69) is 46.4 Å². The number of likely N-dealkylation sites (tertiary alicyclic amines) is 1. The van der Waals surface area contributed by atoms with Gasteiger partial charge in [0.1, 0.15) is 0 Å². The lowest BCUT2D eigenvalue weighted by Gasteiger charge is -2.16. The summed E-state index contributed by atoms with van der Waals surface area (Å²) in [5.41, 5.74) is 8.65. The molecule has 3 rings (SSSR count). The normalized spacial score (nSPS) is 22.2. The summed E-state index contributed by atoms with van der Waals surface area (Å²) in [4.78, 5) is 2.49. The fourth-order valence-corrected chi connectivity index (χ4v) is 3.19. The number of hydrogen-bond acceptors (Lipinski definition) is 3. The Morgan fingerprint density at radius 2 is 1.95 bits per heavy atom. The largest absolute Gasteiger partial charge is 0.330 e. The third-order valence-corrected chi connectivity index (χ3v) is 4.36. The number of aromatic nitrogens is 2. The maximum atomic E-state index is 5.98. The maximum Gasteiger partial charge on any atom is 0.0521 e. The van der Waals surface area contributed by atoms with Crippen LogP contribution in [-0.2, 0) is 13.6 Å². The van der Waals surface area contributed by atoms with Gasteiger partial charge in [0.05, 0.1) is 5.69 Å².